The molecule has 138 valence electrons. The van der Waals surface area contributed by atoms with Gasteiger partial charge in [0.15, 0.2) is 0 Å². The van der Waals surface area contributed by atoms with Gasteiger partial charge in [0, 0.05) is 6.42 Å². The topological polar surface area (TPSA) is 60.4 Å². The molecule has 0 radical (unpaired) electrons. The van der Waals surface area contributed by atoms with Crippen LogP contribution in [0.5, 0.6) is 0 Å². The van der Waals surface area contributed by atoms with Crippen molar-refractivity contribution < 1.29 is 19.1 Å². The normalized spacial score (nSPS) is 20.9. The molecule has 6 heteroatoms. The van der Waals surface area contributed by atoms with Gasteiger partial charge in [-0.05, 0) is 41.0 Å². The summed E-state index contributed by atoms with van der Waals surface area (Å²) in [5, 5.41) is 3.98. The summed E-state index contributed by atoms with van der Waals surface area (Å²) >= 11 is 0. The van der Waals surface area contributed by atoms with Crippen molar-refractivity contribution in [2.24, 2.45) is 5.16 Å². The fraction of sp³-hybridized carbons (Fsp3) is 0.778. The molecule has 1 aliphatic heterocycles. The van der Waals surface area contributed by atoms with E-state index in [1.807, 2.05) is 34.6 Å². The van der Waals surface area contributed by atoms with Gasteiger partial charge in [-0.3, -0.25) is 4.90 Å². The lowest BCUT2D eigenvalue weighted by atomic mass is 10.2. The van der Waals surface area contributed by atoms with Crippen molar-refractivity contribution in [1.29, 1.82) is 0 Å². The number of carbonyl (C=O) groups is 1. The number of unbranched alkanes of at least 4 members (excludes halogenated alkanes) is 1. The van der Waals surface area contributed by atoms with Crippen molar-refractivity contribution in [3.05, 3.63) is 12.2 Å². The van der Waals surface area contributed by atoms with Crippen LogP contribution in [-0.2, 0) is 14.3 Å². The molecule has 0 spiro atoms. The summed E-state index contributed by atoms with van der Waals surface area (Å²) in [4.78, 5) is 19.3. The van der Waals surface area contributed by atoms with E-state index < -0.39 is 17.4 Å². The number of ether oxygens (including phenoxy) is 2. The lowest BCUT2D eigenvalue weighted by Crippen LogP contribution is -2.50. The van der Waals surface area contributed by atoms with E-state index in [0.29, 0.717) is 13.2 Å². The fourth-order valence-corrected chi connectivity index (χ4v) is 2.30. The first kappa shape index (κ1) is 20.5. The van der Waals surface area contributed by atoms with Crippen LogP contribution >= 0.6 is 0 Å². The Bertz CT molecular complexity index is 452. The minimum atomic E-state index is -0.734. The minimum Gasteiger partial charge on any atom is -0.444 e. The van der Waals surface area contributed by atoms with E-state index in [1.54, 1.807) is 11.1 Å². The summed E-state index contributed by atoms with van der Waals surface area (Å²) in [5.74, 6) is 0. The second-order valence-electron chi connectivity index (χ2n) is 7.31. The smallest absolute Gasteiger partial charge is 0.413 e. The van der Waals surface area contributed by atoms with Crippen molar-refractivity contribution in [3.8, 4) is 0 Å². The third kappa shape index (κ3) is 6.91. The van der Waals surface area contributed by atoms with Crippen LogP contribution in [-0.4, -0.2) is 47.8 Å². The van der Waals surface area contributed by atoms with Gasteiger partial charge in [-0.25, -0.2) is 4.79 Å². The lowest BCUT2D eigenvalue weighted by molar-refractivity contribution is -0.0604. The van der Waals surface area contributed by atoms with Gasteiger partial charge < -0.3 is 14.3 Å². The zero-order valence-corrected chi connectivity index (χ0v) is 15.9. The van der Waals surface area contributed by atoms with Crippen molar-refractivity contribution in [2.75, 3.05) is 13.2 Å². The average molecular weight is 340 g/mol. The monoisotopic (exact) mass is 340 g/mol. The van der Waals surface area contributed by atoms with Gasteiger partial charge >= 0.3 is 6.09 Å². The quantitative estimate of drug-likeness (QED) is 0.303. The maximum absolute atomic E-state index is 12.4. The molecule has 1 fully saturated rings. The van der Waals surface area contributed by atoms with Crippen LogP contribution in [0.25, 0.3) is 0 Å². The van der Waals surface area contributed by atoms with Gasteiger partial charge in [-0.2, -0.15) is 0 Å². The fourth-order valence-electron chi connectivity index (χ4n) is 2.30. The highest BCUT2D eigenvalue weighted by Crippen LogP contribution is 2.28. The number of hydrogen-bond donors (Lipinski definition) is 0. The summed E-state index contributed by atoms with van der Waals surface area (Å²) in [6.07, 6.45) is 8.48. The SMILES string of the molecule is CCC/C=C/CCO/N=C/C1COC(C)(C)N1C(=O)OC(C)(C)C. The molecule has 0 aromatic heterocycles. The van der Waals surface area contributed by atoms with Crippen molar-refractivity contribution in [1.82, 2.24) is 4.90 Å². The van der Waals surface area contributed by atoms with E-state index in [0.717, 1.165) is 19.3 Å². The Hall–Kier alpha value is -1.56. The number of amides is 1. The molecule has 1 saturated heterocycles. The highest BCUT2D eigenvalue weighted by Gasteiger charge is 2.45. The Labute approximate surface area is 145 Å². The molecule has 0 N–H and O–H groups in total. The van der Waals surface area contributed by atoms with Crippen LogP contribution in [0.1, 0.15) is 60.8 Å². The van der Waals surface area contributed by atoms with Gasteiger partial charge in [0.05, 0.1) is 12.8 Å². The molecular formula is C18H32N2O4. The Morgan fingerprint density at radius 2 is 2.00 bits per heavy atom. The molecule has 0 saturated carbocycles. The average Bonchev–Trinajstić information content (AvgIpc) is 2.75. The molecule has 0 aromatic carbocycles. The molecule has 1 aliphatic rings. The highest BCUT2D eigenvalue weighted by molar-refractivity contribution is 5.77. The number of carbonyl (C=O) groups excluding carboxylic acids is 1. The van der Waals surface area contributed by atoms with Crippen molar-refractivity contribution >= 4 is 12.3 Å². The highest BCUT2D eigenvalue weighted by atomic mass is 16.6. The zero-order chi connectivity index (χ0) is 18.2. The Balaban J connectivity index is 2.53. The molecule has 0 aromatic rings. The van der Waals surface area contributed by atoms with Crippen LogP contribution < -0.4 is 0 Å². The second kappa shape index (κ2) is 9.06. The van der Waals surface area contributed by atoms with E-state index in [-0.39, 0.29) is 6.04 Å². The zero-order valence-electron chi connectivity index (χ0n) is 15.9. The molecule has 0 aliphatic carbocycles. The maximum Gasteiger partial charge on any atom is 0.413 e. The third-order valence-electron chi connectivity index (χ3n) is 3.41. The Morgan fingerprint density at radius 3 is 2.62 bits per heavy atom. The first-order valence-electron chi connectivity index (χ1n) is 8.64. The molecule has 1 amide bonds. The van der Waals surface area contributed by atoms with E-state index in [4.69, 9.17) is 14.3 Å². The Morgan fingerprint density at radius 1 is 1.33 bits per heavy atom. The van der Waals surface area contributed by atoms with Gasteiger partial charge in [0.1, 0.15) is 24.0 Å². The predicted molar refractivity (Wildman–Crippen MR) is 95.0 cm³/mol. The largest absolute Gasteiger partial charge is 0.444 e. The summed E-state index contributed by atoms with van der Waals surface area (Å²) < 4.78 is 11.2. The van der Waals surface area contributed by atoms with Crippen LogP contribution in [0.15, 0.2) is 17.3 Å². The van der Waals surface area contributed by atoms with Gasteiger partial charge in [0.25, 0.3) is 0 Å². The predicted octanol–water partition coefficient (Wildman–Crippen LogP) is 4.11. The van der Waals surface area contributed by atoms with Gasteiger partial charge in [-0.1, -0.05) is 30.7 Å². The summed E-state index contributed by atoms with van der Waals surface area (Å²) in [5.41, 5.74) is -1.29. The van der Waals surface area contributed by atoms with Crippen LogP contribution in [0.2, 0.25) is 0 Å². The number of rotatable bonds is 7. The molecule has 0 bridgehead atoms. The van der Waals surface area contributed by atoms with Crippen LogP contribution in [0.3, 0.4) is 0 Å². The molecule has 1 heterocycles. The van der Waals surface area contributed by atoms with Crippen molar-refractivity contribution in [3.63, 3.8) is 0 Å². The lowest BCUT2D eigenvalue weighted by Gasteiger charge is -2.33. The number of nitrogens with zero attached hydrogens (tertiary/aromatic N) is 2. The first-order valence-corrected chi connectivity index (χ1v) is 8.64. The molecule has 1 rings (SSSR count). The van der Waals surface area contributed by atoms with Crippen LogP contribution in [0, 0.1) is 0 Å². The summed E-state index contributed by atoms with van der Waals surface area (Å²) in [6.45, 7) is 12.2. The van der Waals surface area contributed by atoms with Crippen LogP contribution in [0.4, 0.5) is 4.79 Å². The Kier molecular flexibility index (Phi) is 7.73. The van der Waals surface area contributed by atoms with Gasteiger partial charge in [-0.15, -0.1) is 0 Å². The molecule has 1 unspecified atom stereocenters. The van der Waals surface area contributed by atoms with Gasteiger partial charge in [0.2, 0.25) is 0 Å². The molecule has 6 nitrogen and oxygen atoms in total. The first-order chi connectivity index (χ1) is 11.2. The number of hydrogen-bond acceptors (Lipinski definition) is 5. The van der Waals surface area contributed by atoms with Crippen molar-refractivity contribution in [2.45, 2.75) is 78.2 Å². The summed E-state index contributed by atoms with van der Waals surface area (Å²) in [7, 11) is 0. The van der Waals surface area contributed by atoms with E-state index in [2.05, 4.69) is 24.2 Å². The van der Waals surface area contributed by atoms with E-state index in [1.165, 1.54) is 0 Å². The maximum atomic E-state index is 12.4. The molecule has 1 atom stereocenters. The second-order valence-corrected chi connectivity index (χ2v) is 7.31. The van der Waals surface area contributed by atoms with E-state index >= 15 is 0 Å². The molecular weight excluding hydrogens is 308 g/mol. The standard InChI is InChI=1S/C18H32N2O4/c1-7-8-9-10-11-12-23-19-13-15-14-22-18(5,6)20(15)16(21)24-17(2,3)4/h9-10,13,15H,7-8,11-12,14H2,1-6H3/b10-9+,19-13+. The summed E-state index contributed by atoms with van der Waals surface area (Å²) in [6, 6.07) is -0.300. The third-order valence-corrected chi connectivity index (χ3v) is 3.41. The number of oxime groups is 1. The van der Waals surface area contributed by atoms with E-state index in [9.17, 15) is 4.79 Å². The number of allylic oxidation sites excluding steroid dienone is 1. The minimum absolute atomic E-state index is 0.300. The molecule has 24 heavy (non-hydrogen) atoms.